The number of hydrogen-bond acceptors (Lipinski definition) is 3. The molecule has 0 aromatic rings. The third-order valence-corrected chi connectivity index (χ3v) is 1.97. The molecule has 1 atom stereocenters. The van der Waals surface area contributed by atoms with Crippen LogP contribution < -0.4 is 0 Å². The van der Waals surface area contributed by atoms with Gasteiger partial charge in [0.2, 0.25) is 0 Å². The summed E-state index contributed by atoms with van der Waals surface area (Å²) in [6, 6.07) is 0. The molecule has 0 saturated carbocycles. The summed E-state index contributed by atoms with van der Waals surface area (Å²) in [6.07, 6.45) is 5.35. The van der Waals surface area contributed by atoms with Crippen LogP contribution in [0.25, 0.3) is 0 Å². The van der Waals surface area contributed by atoms with E-state index in [1.54, 1.807) is 6.92 Å². The Hall–Kier alpha value is -1.50. The highest BCUT2D eigenvalue weighted by atomic mass is 16.5. The third-order valence-electron chi connectivity index (χ3n) is 1.97. The number of esters is 1. The first-order valence-electron chi connectivity index (χ1n) is 4.33. The summed E-state index contributed by atoms with van der Waals surface area (Å²) in [5.74, 6) is 0.368. The van der Waals surface area contributed by atoms with E-state index in [0.29, 0.717) is 0 Å². The molecule has 4 heteroatoms. The van der Waals surface area contributed by atoms with Crippen LogP contribution >= 0.6 is 0 Å². The van der Waals surface area contributed by atoms with Crippen LogP contribution in [-0.4, -0.2) is 23.7 Å². The first-order valence-corrected chi connectivity index (χ1v) is 4.33. The van der Waals surface area contributed by atoms with Crippen molar-refractivity contribution >= 4 is 11.9 Å². The smallest absolute Gasteiger partial charge is 0.323 e. The van der Waals surface area contributed by atoms with E-state index >= 15 is 0 Å². The van der Waals surface area contributed by atoms with Crippen molar-refractivity contribution < 1.29 is 19.4 Å². The number of rotatable bonds is 5. The van der Waals surface area contributed by atoms with Crippen LogP contribution in [0.3, 0.4) is 0 Å². The van der Waals surface area contributed by atoms with Gasteiger partial charge in [0.25, 0.3) is 0 Å². The molecular formula is C10H14O4. The van der Waals surface area contributed by atoms with E-state index in [1.807, 2.05) is 0 Å². The molecule has 0 rings (SSSR count). The average molecular weight is 198 g/mol. The molecule has 0 spiro atoms. The van der Waals surface area contributed by atoms with Crippen molar-refractivity contribution in [3.63, 3.8) is 0 Å². The van der Waals surface area contributed by atoms with E-state index in [9.17, 15) is 9.59 Å². The van der Waals surface area contributed by atoms with Gasteiger partial charge in [-0.1, -0.05) is 0 Å². The third kappa shape index (κ3) is 2.77. The zero-order valence-electron chi connectivity index (χ0n) is 8.37. The normalized spacial score (nSPS) is 13.8. The Morgan fingerprint density at radius 3 is 2.50 bits per heavy atom. The highest BCUT2D eigenvalue weighted by molar-refractivity contribution is 5.98. The van der Waals surface area contributed by atoms with Gasteiger partial charge < -0.3 is 9.84 Å². The quantitative estimate of drug-likeness (QED) is 0.407. The number of aliphatic carboxylic acids is 1. The molecule has 14 heavy (non-hydrogen) atoms. The Balaban J connectivity index is 4.63. The van der Waals surface area contributed by atoms with Gasteiger partial charge in [0.05, 0.1) is 6.61 Å². The van der Waals surface area contributed by atoms with Crippen molar-refractivity contribution in [2.75, 3.05) is 6.61 Å². The molecule has 0 radical (unpaired) electrons. The molecule has 4 nitrogen and oxygen atoms in total. The van der Waals surface area contributed by atoms with Crippen LogP contribution in [0.15, 0.2) is 0 Å². The molecule has 0 aliphatic rings. The molecule has 0 aliphatic carbocycles. The predicted molar refractivity (Wildman–Crippen MR) is 50.4 cm³/mol. The van der Waals surface area contributed by atoms with E-state index in [4.69, 9.17) is 11.5 Å². The second kappa shape index (κ2) is 5.28. The summed E-state index contributed by atoms with van der Waals surface area (Å²) in [4.78, 5) is 22.2. The lowest BCUT2D eigenvalue weighted by Crippen LogP contribution is -2.37. The number of terminal acetylenes is 1. The average Bonchev–Trinajstić information content (AvgIpc) is 2.14. The maximum Gasteiger partial charge on any atom is 0.323 e. The second-order valence-corrected chi connectivity index (χ2v) is 3.06. The van der Waals surface area contributed by atoms with Gasteiger partial charge in [-0.25, -0.2) is 0 Å². The van der Waals surface area contributed by atoms with Crippen LogP contribution in [-0.2, 0) is 14.3 Å². The molecule has 0 aromatic heterocycles. The summed E-state index contributed by atoms with van der Waals surface area (Å²) in [6.45, 7) is 3.11. The largest absolute Gasteiger partial charge is 0.480 e. The molecule has 0 heterocycles. The van der Waals surface area contributed by atoms with Gasteiger partial charge in [-0.2, -0.15) is 0 Å². The summed E-state index contributed by atoms with van der Waals surface area (Å²) in [7, 11) is 0. The fourth-order valence-corrected chi connectivity index (χ4v) is 0.909. The van der Waals surface area contributed by atoms with Crippen molar-refractivity contribution in [2.24, 2.45) is 5.41 Å². The molecular weight excluding hydrogens is 184 g/mol. The highest BCUT2D eigenvalue weighted by Gasteiger charge is 2.42. The van der Waals surface area contributed by atoms with Crippen LogP contribution in [0.1, 0.15) is 26.7 Å². The van der Waals surface area contributed by atoms with Crippen molar-refractivity contribution in [1.29, 1.82) is 0 Å². The maximum absolute atomic E-state index is 11.3. The van der Waals surface area contributed by atoms with Crippen LogP contribution in [0.4, 0.5) is 0 Å². The molecule has 1 N–H and O–H groups in total. The lowest BCUT2D eigenvalue weighted by atomic mass is 9.86. The van der Waals surface area contributed by atoms with Gasteiger partial charge in [-0.15, -0.1) is 12.3 Å². The molecule has 0 aliphatic heterocycles. The molecule has 0 bridgehead atoms. The summed E-state index contributed by atoms with van der Waals surface area (Å²) >= 11 is 0. The van der Waals surface area contributed by atoms with Crippen molar-refractivity contribution in [3.05, 3.63) is 0 Å². The van der Waals surface area contributed by atoms with Crippen LogP contribution in [0.2, 0.25) is 0 Å². The number of carbonyl (C=O) groups excluding carboxylic acids is 1. The minimum absolute atomic E-state index is 0.0949. The maximum atomic E-state index is 11.3. The first kappa shape index (κ1) is 12.5. The lowest BCUT2D eigenvalue weighted by Gasteiger charge is -2.21. The second-order valence-electron chi connectivity index (χ2n) is 3.06. The Morgan fingerprint density at radius 2 is 2.14 bits per heavy atom. The topological polar surface area (TPSA) is 63.6 Å². The Morgan fingerprint density at radius 1 is 1.57 bits per heavy atom. The van der Waals surface area contributed by atoms with Gasteiger partial charge in [-0.05, 0) is 20.3 Å². The van der Waals surface area contributed by atoms with E-state index in [-0.39, 0.29) is 19.4 Å². The number of carboxylic acids is 1. The number of carboxylic acid groups (broad SMARTS) is 1. The van der Waals surface area contributed by atoms with Crippen molar-refractivity contribution in [3.8, 4) is 12.3 Å². The van der Waals surface area contributed by atoms with Gasteiger partial charge in [0.1, 0.15) is 0 Å². The first-order chi connectivity index (χ1) is 6.49. The molecule has 0 fully saturated rings. The standard InChI is InChI=1S/C10H14O4/c1-4-6-7-10(3,8(11)12)9(13)14-5-2/h1H,5-7H2,2-3H3,(H,11,12). The van der Waals surface area contributed by atoms with Crippen molar-refractivity contribution in [2.45, 2.75) is 26.7 Å². The Kier molecular flexibility index (Phi) is 4.71. The Bertz CT molecular complexity index is 264. The van der Waals surface area contributed by atoms with E-state index in [2.05, 4.69) is 10.7 Å². The molecule has 0 saturated heterocycles. The number of hydrogen-bond donors (Lipinski definition) is 1. The molecule has 0 amide bonds. The number of ether oxygens (including phenoxy) is 1. The van der Waals surface area contributed by atoms with Crippen LogP contribution in [0.5, 0.6) is 0 Å². The predicted octanol–water partition coefficient (Wildman–Crippen LogP) is 1.05. The summed E-state index contributed by atoms with van der Waals surface area (Å²) < 4.78 is 4.68. The fourth-order valence-electron chi connectivity index (χ4n) is 0.909. The minimum Gasteiger partial charge on any atom is -0.480 e. The Labute approximate surface area is 83.3 Å². The fraction of sp³-hybridized carbons (Fsp3) is 0.600. The van der Waals surface area contributed by atoms with E-state index in [1.165, 1.54) is 6.92 Å². The summed E-state index contributed by atoms with van der Waals surface area (Å²) in [5, 5.41) is 8.89. The van der Waals surface area contributed by atoms with Gasteiger partial charge in [0.15, 0.2) is 5.41 Å². The zero-order chi connectivity index (χ0) is 11.2. The van der Waals surface area contributed by atoms with E-state index in [0.717, 1.165) is 0 Å². The molecule has 1 unspecified atom stereocenters. The van der Waals surface area contributed by atoms with E-state index < -0.39 is 17.4 Å². The van der Waals surface area contributed by atoms with Gasteiger partial charge in [0, 0.05) is 6.42 Å². The molecule has 78 valence electrons. The SMILES string of the molecule is C#CCCC(C)(C(=O)O)C(=O)OCC. The van der Waals surface area contributed by atoms with Gasteiger partial charge >= 0.3 is 11.9 Å². The van der Waals surface area contributed by atoms with Crippen LogP contribution in [0, 0.1) is 17.8 Å². The highest BCUT2D eigenvalue weighted by Crippen LogP contribution is 2.25. The molecule has 0 aromatic carbocycles. The monoisotopic (exact) mass is 198 g/mol. The minimum atomic E-state index is -1.53. The summed E-state index contributed by atoms with van der Waals surface area (Å²) in [5.41, 5.74) is -1.53. The van der Waals surface area contributed by atoms with Crippen molar-refractivity contribution in [1.82, 2.24) is 0 Å². The number of carbonyl (C=O) groups is 2. The van der Waals surface area contributed by atoms with Gasteiger partial charge in [-0.3, -0.25) is 9.59 Å². The lowest BCUT2D eigenvalue weighted by molar-refractivity contribution is -0.167. The zero-order valence-corrected chi connectivity index (χ0v) is 8.37.